The van der Waals surface area contributed by atoms with Crippen LogP contribution in [0.2, 0.25) is 0 Å². The molecule has 0 atom stereocenters. The smallest absolute Gasteiger partial charge is 0.130 e. The quantitative estimate of drug-likeness (QED) is 0.692. The lowest BCUT2D eigenvalue weighted by atomic mass is 10.2. The van der Waals surface area contributed by atoms with Crippen LogP contribution in [0, 0.1) is 0 Å². The molecule has 1 heterocycles. The highest BCUT2D eigenvalue weighted by atomic mass is 16.1. The Hall–Kier alpha value is -1.31. The van der Waals surface area contributed by atoms with Gasteiger partial charge in [-0.05, 0) is 25.0 Å². The Bertz CT molecular complexity index is 310. The highest BCUT2D eigenvalue weighted by Crippen LogP contribution is 2.03. The standard InChI is InChI=1S/C11H15NO/c1-10(13)5-3-4-6-11-7-8-12(2)9-11/h4,6-9H,3,5H2,1-2H3/b6-4+. The van der Waals surface area contributed by atoms with Crippen molar-refractivity contribution in [1.29, 1.82) is 0 Å². The van der Waals surface area contributed by atoms with E-state index < -0.39 is 0 Å². The summed E-state index contributed by atoms with van der Waals surface area (Å²) in [6.07, 6.45) is 9.61. The summed E-state index contributed by atoms with van der Waals surface area (Å²) in [5.41, 5.74) is 1.19. The molecule has 0 saturated carbocycles. The van der Waals surface area contributed by atoms with Gasteiger partial charge in [-0.25, -0.2) is 0 Å². The van der Waals surface area contributed by atoms with Crippen LogP contribution >= 0.6 is 0 Å². The molecular formula is C11H15NO. The predicted molar refractivity (Wildman–Crippen MR) is 54.4 cm³/mol. The molecule has 0 spiro atoms. The average Bonchev–Trinajstić information content (AvgIpc) is 2.45. The van der Waals surface area contributed by atoms with Gasteiger partial charge in [-0.1, -0.05) is 12.2 Å². The van der Waals surface area contributed by atoms with Gasteiger partial charge >= 0.3 is 0 Å². The molecule has 0 unspecified atom stereocenters. The highest BCUT2D eigenvalue weighted by molar-refractivity contribution is 5.75. The van der Waals surface area contributed by atoms with Crippen LogP contribution < -0.4 is 0 Å². The van der Waals surface area contributed by atoms with Crippen LogP contribution in [0.5, 0.6) is 0 Å². The minimum atomic E-state index is 0.248. The number of allylic oxidation sites excluding steroid dienone is 1. The first-order chi connectivity index (χ1) is 6.18. The number of carbonyl (C=O) groups is 1. The Morgan fingerprint density at radius 3 is 2.92 bits per heavy atom. The first-order valence-electron chi connectivity index (χ1n) is 4.46. The molecule has 1 aromatic heterocycles. The highest BCUT2D eigenvalue weighted by Gasteiger charge is 1.90. The van der Waals surface area contributed by atoms with E-state index >= 15 is 0 Å². The van der Waals surface area contributed by atoms with E-state index in [0.29, 0.717) is 6.42 Å². The second-order valence-electron chi connectivity index (χ2n) is 3.25. The molecule has 2 nitrogen and oxygen atoms in total. The molecule has 0 fully saturated rings. The molecule has 13 heavy (non-hydrogen) atoms. The zero-order valence-corrected chi connectivity index (χ0v) is 8.16. The molecule has 0 radical (unpaired) electrons. The molecule has 0 N–H and O–H groups in total. The van der Waals surface area contributed by atoms with Gasteiger partial charge in [-0.2, -0.15) is 0 Å². The van der Waals surface area contributed by atoms with Gasteiger partial charge < -0.3 is 9.36 Å². The van der Waals surface area contributed by atoms with E-state index in [1.54, 1.807) is 6.92 Å². The predicted octanol–water partition coefficient (Wildman–Crippen LogP) is 2.41. The van der Waals surface area contributed by atoms with Gasteiger partial charge in [-0.3, -0.25) is 0 Å². The lowest BCUT2D eigenvalue weighted by Crippen LogP contribution is -1.86. The van der Waals surface area contributed by atoms with Gasteiger partial charge in [0.25, 0.3) is 0 Å². The average molecular weight is 177 g/mol. The van der Waals surface area contributed by atoms with E-state index in [4.69, 9.17) is 0 Å². The Balaban J connectivity index is 2.36. The van der Waals surface area contributed by atoms with E-state index in [0.717, 1.165) is 6.42 Å². The second kappa shape index (κ2) is 4.65. The van der Waals surface area contributed by atoms with E-state index in [-0.39, 0.29) is 5.78 Å². The molecule has 0 aromatic carbocycles. The molecule has 1 rings (SSSR count). The minimum absolute atomic E-state index is 0.248. The molecule has 0 aliphatic heterocycles. The third kappa shape index (κ3) is 3.74. The summed E-state index contributed by atoms with van der Waals surface area (Å²) in [6.45, 7) is 1.62. The van der Waals surface area contributed by atoms with Crippen LogP contribution in [-0.2, 0) is 11.8 Å². The fourth-order valence-electron chi connectivity index (χ4n) is 1.13. The summed E-state index contributed by atoms with van der Waals surface area (Å²) in [6, 6.07) is 2.05. The van der Waals surface area contributed by atoms with Crippen LogP contribution in [0.25, 0.3) is 6.08 Å². The van der Waals surface area contributed by atoms with Crippen molar-refractivity contribution in [1.82, 2.24) is 4.57 Å². The molecule has 70 valence electrons. The summed E-state index contributed by atoms with van der Waals surface area (Å²) >= 11 is 0. The summed E-state index contributed by atoms with van der Waals surface area (Å²) in [7, 11) is 1.99. The maximum absolute atomic E-state index is 10.6. The third-order valence-corrected chi connectivity index (χ3v) is 1.83. The van der Waals surface area contributed by atoms with Crippen molar-refractivity contribution in [3.8, 4) is 0 Å². The summed E-state index contributed by atoms with van der Waals surface area (Å²) in [5.74, 6) is 0.248. The van der Waals surface area contributed by atoms with Crippen LogP contribution in [-0.4, -0.2) is 10.4 Å². The molecule has 0 saturated heterocycles. The van der Waals surface area contributed by atoms with Gasteiger partial charge in [0.15, 0.2) is 0 Å². The number of aromatic nitrogens is 1. The van der Waals surface area contributed by atoms with Crippen molar-refractivity contribution in [2.75, 3.05) is 0 Å². The van der Waals surface area contributed by atoms with Crippen LogP contribution in [0.15, 0.2) is 24.5 Å². The van der Waals surface area contributed by atoms with E-state index in [2.05, 4.69) is 0 Å². The number of Topliss-reactive ketones (excluding diaryl/α,β-unsaturated/α-hetero) is 1. The molecule has 0 amide bonds. The fraction of sp³-hybridized carbons (Fsp3) is 0.364. The SMILES string of the molecule is CC(=O)CC/C=C/c1ccn(C)c1. The third-order valence-electron chi connectivity index (χ3n) is 1.83. The first-order valence-corrected chi connectivity index (χ1v) is 4.46. The van der Waals surface area contributed by atoms with Gasteiger partial charge in [0, 0.05) is 25.9 Å². The molecule has 0 aliphatic rings. The van der Waals surface area contributed by atoms with Gasteiger partial charge in [0.1, 0.15) is 5.78 Å². The monoisotopic (exact) mass is 177 g/mol. The number of nitrogens with zero attached hydrogens (tertiary/aromatic N) is 1. The first kappa shape index (κ1) is 9.78. The van der Waals surface area contributed by atoms with Gasteiger partial charge in [-0.15, -0.1) is 0 Å². The minimum Gasteiger partial charge on any atom is -0.357 e. The Morgan fingerprint density at radius 1 is 1.62 bits per heavy atom. The number of ketones is 1. The van der Waals surface area contributed by atoms with Crippen molar-refractivity contribution in [3.63, 3.8) is 0 Å². The summed E-state index contributed by atoms with van der Waals surface area (Å²) < 4.78 is 2.00. The van der Waals surface area contributed by atoms with Crippen molar-refractivity contribution < 1.29 is 4.79 Å². The van der Waals surface area contributed by atoms with Crippen molar-refractivity contribution in [2.24, 2.45) is 7.05 Å². The van der Waals surface area contributed by atoms with E-state index in [1.807, 2.05) is 42.2 Å². The zero-order valence-electron chi connectivity index (χ0n) is 8.16. The van der Waals surface area contributed by atoms with Crippen molar-refractivity contribution in [3.05, 3.63) is 30.1 Å². The number of hydrogen-bond donors (Lipinski definition) is 0. The normalized spacial score (nSPS) is 10.9. The number of aryl methyl sites for hydroxylation is 1. The fourth-order valence-corrected chi connectivity index (χ4v) is 1.13. The maximum atomic E-state index is 10.6. The van der Waals surface area contributed by atoms with Gasteiger partial charge in [0.05, 0.1) is 0 Å². The number of hydrogen-bond acceptors (Lipinski definition) is 1. The topological polar surface area (TPSA) is 22.0 Å². The lowest BCUT2D eigenvalue weighted by molar-refractivity contribution is -0.116. The molecule has 2 heteroatoms. The molecular weight excluding hydrogens is 162 g/mol. The van der Waals surface area contributed by atoms with Crippen molar-refractivity contribution >= 4 is 11.9 Å². The van der Waals surface area contributed by atoms with Crippen LogP contribution in [0.4, 0.5) is 0 Å². The van der Waals surface area contributed by atoms with Crippen molar-refractivity contribution in [2.45, 2.75) is 19.8 Å². The van der Waals surface area contributed by atoms with E-state index in [9.17, 15) is 4.79 Å². The maximum Gasteiger partial charge on any atom is 0.130 e. The molecule has 1 aromatic rings. The zero-order chi connectivity index (χ0) is 9.68. The van der Waals surface area contributed by atoms with Crippen LogP contribution in [0.3, 0.4) is 0 Å². The Kier molecular flexibility index (Phi) is 3.50. The molecule has 0 bridgehead atoms. The summed E-state index contributed by atoms with van der Waals surface area (Å²) in [4.78, 5) is 10.6. The van der Waals surface area contributed by atoms with Crippen LogP contribution in [0.1, 0.15) is 25.3 Å². The largest absolute Gasteiger partial charge is 0.357 e. The number of rotatable bonds is 4. The Labute approximate surface area is 78.9 Å². The second-order valence-corrected chi connectivity index (χ2v) is 3.25. The Morgan fingerprint density at radius 2 is 2.38 bits per heavy atom. The number of carbonyl (C=O) groups excluding carboxylic acids is 1. The lowest BCUT2D eigenvalue weighted by Gasteiger charge is -1.88. The van der Waals surface area contributed by atoms with E-state index in [1.165, 1.54) is 5.56 Å². The van der Waals surface area contributed by atoms with Gasteiger partial charge in [0.2, 0.25) is 0 Å². The molecule has 0 aliphatic carbocycles. The summed E-state index contributed by atoms with van der Waals surface area (Å²) in [5, 5.41) is 0.